The minimum absolute atomic E-state index is 0.0514. The summed E-state index contributed by atoms with van der Waals surface area (Å²) < 4.78 is 44.1. The molecule has 0 bridgehead atoms. The summed E-state index contributed by atoms with van der Waals surface area (Å²) in [5.41, 5.74) is 1.37. The van der Waals surface area contributed by atoms with Gasteiger partial charge in [0.2, 0.25) is 11.8 Å². The van der Waals surface area contributed by atoms with Crippen molar-refractivity contribution < 1.29 is 22.4 Å². The largest absolute Gasteiger partial charge is 0.350 e. The van der Waals surface area contributed by atoms with E-state index < -0.39 is 45.8 Å². The van der Waals surface area contributed by atoms with Crippen molar-refractivity contribution in [2.24, 2.45) is 0 Å². The first-order valence-corrected chi connectivity index (χ1v) is 16.3. The van der Waals surface area contributed by atoms with Crippen molar-refractivity contribution in [1.82, 2.24) is 10.2 Å². The Morgan fingerprint density at radius 1 is 0.867 bits per heavy atom. The molecule has 4 aromatic rings. The molecule has 0 aliphatic carbocycles. The number of hydrogen-bond donors (Lipinski definition) is 1. The summed E-state index contributed by atoms with van der Waals surface area (Å²) in [5.74, 6) is -1.92. The van der Waals surface area contributed by atoms with E-state index in [2.05, 4.69) is 5.32 Å². The maximum absolute atomic E-state index is 15.2. The number of rotatable bonds is 11. The number of sulfonamides is 1. The highest BCUT2D eigenvalue weighted by atomic mass is 35.5. The minimum atomic E-state index is -4.41. The third-order valence-electron chi connectivity index (χ3n) is 7.02. The Morgan fingerprint density at radius 2 is 1.49 bits per heavy atom. The van der Waals surface area contributed by atoms with E-state index in [4.69, 9.17) is 11.6 Å². The van der Waals surface area contributed by atoms with Gasteiger partial charge in [0.05, 0.1) is 10.6 Å². The molecular weight excluding hydrogens is 613 g/mol. The van der Waals surface area contributed by atoms with Gasteiger partial charge in [0, 0.05) is 23.5 Å². The molecule has 236 valence electrons. The molecule has 0 radical (unpaired) electrons. The van der Waals surface area contributed by atoms with E-state index in [9.17, 15) is 18.0 Å². The first-order valence-electron chi connectivity index (χ1n) is 14.5. The third-order valence-corrected chi connectivity index (χ3v) is 9.03. The highest BCUT2D eigenvalue weighted by Crippen LogP contribution is 2.28. The molecule has 0 aliphatic rings. The van der Waals surface area contributed by atoms with E-state index in [1.165, 1.54) is 35.2 Å². The molecular formula is C35H37ClFN3O4S. The number of amides is 2. The summed E-state index contributed by atoms with van der Waals surface area (Å²) in [6.45, 7) is 6.51. The van der Waals surface area contributed by atoms with E-state index in [0.717, 1.165) is 21.5 Å². The summed E-state index contributed by atoms with van der Waals surface area (Å²) in [6.07, 6.45) is 0.152. The topological polar surface area (TPSA) is 86.8 Å². The lowest BCUT2D eigenvalue weighted by molar-refractivity contribution is -0.140. The van der Waals surface area contributed by atoms with Crippen molar-refractivity contribution in [3.8, 4) is 0 Å². The predicted octanol–water partition coefficient (Wildman–Crippen LogP) is 6.54. The first-order chi connectivity index (χ1) is 21.2. The van der Waals surface area contributed by atoms with E-state index in [1.54, 1.807) is 36.4 Å². The summed E-state index contributed by atoms with van der Waals surface area (Å²) in [7, 11) is -4.41. The molecule has 4 rings (SSSR count). The second-order valence-corrected chi connectivity index (χ2v) is 14.2. The van der Waals surface area contributed by atoms with E-state index >= 15 is 4.39 Å². The Labute approximate surface area is 269 Å². The number of benzene rings is 4. The van der Waals surface area contributed by atoms with Crippen molar-refractivity contribution in [2.45, 2.75) is 57.1 Å². The van der Waals surface area contributed by atoms with Crippen LogP contribution in [-0.4, -0.2) is 43.3 Å². The number of nitrogens with one attached hydrogen (secondary N) is 1. The van der Waals surface area contributed by atoms with Gasteiger partial charge in [-0.3, -0.25) is 13.9 Å². The molecule has 7 nitrogen and oxygen atoms in total. The SMILES string of the molecule is Cc1ccc(S(=O)(=O)N(CC(=O)N(Cc2cccc(Cl)c2)C(Cc2ccccc2)C(=O)NC(C)(C)C)c2ccccc2F)cc1. The zero-order chi connectivity index (χ0) is 32.8. The molecule has 0 spiro atoms. The van der Waals surface area contributed by atoms with Crippen LogP contribution in [0.2, 0.25) is 5.02 Å². The second-order valence-electron chi connectivity index (χ2n) is 11.9. The van der Waals surface area contributed by atoms with Gasteiger partial charge in [-0.25, -0.2) is 12.8 Å². The molecule has 0 heterocycles. The van der Waals surface area contributed by atoms with Gasteiger partial charge < -0.3 is 10.2 Å². The quantitative estimate of drug-likeness (QED) is 0.200. The number of nitrogens with zero attached hydrogens (tertiary/aromatic N) is 2. The molecule has 4 aromatic carbocycles. The van der Waals surface area contributed by atoms with Gasteiger partial charge in [-0.1, -0.05) is 83.9 Å². The zero-order valence-corrected chi connectivity index (χ0v) is 27.3. The van der Waals surface area contributed by atoms with Crippen LogP contribution in [0.4, 0.5) is 10.1 Å². The van der Waals surface area contributed by atoms with Crippen molar-refractivity contribution >= 4 is 39.1 Å². The van der Waals surface area contributed by atoms with E-state index in [1.807, 2.05) is 58.0 Å². The Kier molecular flexibility index (Phi) is 10.7. The van der Waals surface area contributed by atoms with Gasteiger partial charge in [0.15, 0.2) is 0 Å². The van der Waals surface area contributed by atoms with Gasteiger partial charge >= 0.3 is 0 Å². The van der Waals surface area contributed by atoms with Crippen LogP contribution in [0.15, 0.2) is 108 Å². The van der Waals surface area contributed by atoms with Gasteiger partial charge in [0.1, 0.15) is 18.4 Å². The van der Waals surface area contributed by atoms with Crippen LogP contribution in [0.25, 0.3) is 0 Å². The molecule has 0 fully saturated rings. The lowest BCUT2D eigenvalue weighted by Gasteiger charge is -2.35. The van der Waals surface area contributed by atoms with Crippen LogP contribution in [-0.2, 0) is 32.6 Å². The molecule has 0 aliphatic heterocycles. The number of anilines is 1. The van der Waals surface area contributed by atoms with Crippen LogP contribution in [0.1, 0.15) is 37.5 Å². The Balaban J connectivity index is 1.83. The average Bonchev–Trinajstić information content (AvgIpc) is 2.98. The molecule has 0 aromatic heterocycles. The fourth-order valence-corrected chi connectivity index (χ4v) is 6.48. The van der Waals surface area contributed by atoms with Crippen molar-refractivity contribution in [2.75, 3.05) is 10.8 Å². The lowest BCUT2D eigenvalue weighted by Crippen LogP contribution is -2.56. The third kappa shape index (κ3) is 8.93. The van der Waals surface area contributed by atoms with Gasteiger partial charge in [-0.2, -0.15) is 0 Å². The monoisotopic (exact) mass is 649 g/mol. The molecule has 0 saturated carbocycles. The summed E-state index contributed by atoms with van der Waals surface area (Å²) in [6, 6.07) is 26.6. The Morgan fingerprint density at radius 3 is 2.11 bits per heavy atom. The maximum Gasteiger partial charge on any atom is 0.264 e. The van der Waals surface area contributed by atoms with Gasteiger partial charge in [0.25, 0.3) is 10.0 Å². The van der Waals surface area contributed by atoms with Gasteiger partial charge in [-0.15, -0.1) is 0 Å². The highest BCUT2D eigenvalue weighted by molar-refractivity contribution is 7.92. The highest BCUT2D eigenvalue weighted by Gasteiger charge is 2.36. The van der Waals surface area contributed by atoms with Crippen LogP contribution in [0, 0.1) is 12.7 Å². The molecule has 2 amide bonds. The van der Waals surface area contributed by atoms with Gasteiger partial charge in [-0.05, 0) is 75.2 Å². The molecule has 10 heteroatoms. The van der Waals surface area contributed by atoms with Crippen LogP contribution >= 0.6 is 11.6 Å². The smallest absolute Gasteiger partial charge is 0.264 e. The number of carbonyl (C=O) groups excluding carboxylic acids is 2. The number of hydrogen-bond acceptors (Lipinski definition) is 4. The van der Waals surface area contributed by atoms with Crippen LogP contribution < -0.4 is 9.62 Å². The predicted molar refractivity (Wildman–Crippen MR) is 176 cm³/mol. The zero-order valence-electron chi connectivity index (χ0n) is 25.7. The maximum atomic E-state index is 15.2. The Hall–Kier alpha value is -4.21. The molecule has 1 atom stereocenters. The van der Waals surface area contributed by atoms with Crippen molar-refractivity contribution in [3.05, 3.63) is 131 Å². The molecule has 0 saturated heterocycles. The summed E-state index contributed by atoms with van der Waals surface area (Å²) in [5, 5.41) is 3.42. The van der Waals surface area contributed by atoms with E-state index in [0.29, 0.717) is 10.6 Å². The summed E-state index contributed by atoms with van der Waals surface area (Å²) >= 11 is 6.28. The fraction of sp³-hybridized carbons (Fsp3) is 0.257. The van der Waals surface area contributed by atoms with Crippen LogP contribution in [0.3, 0.4) is 0 Å². The number of halogens is 2. The number of aryl methyl sites for hydroxylation is 1. The van der Waals surface area contributed by atoms with Crippen LogP contribution in [0.5, 0.6) is 0 Å². The minimum Gasteiger partial charge on any atom is -0.350 e. The first kappa shape index (κ1) is 33.7. The number of carbonyl (C=O) groups is 2. The Bertz CT molecular complexity index is 1740. The lowest BCUT2D eigenvalue weighted by atomic mass is 10.0. The normalized spacial score (nSPS) is 12.3. The average molecular weight is 650 g/mol. The van der Waals surface area contributed by atoms with Crippen molar-refractivity contribution in [1.29, 1.82) is 0 Å². The van der Waals surface area contributed by atoms with Crippen molar-refractivity contribution in [3.63, 3.8) is 0 Å². The summed E-state index contributed by atoms with van der Waals surface area (Å²) in [4.78, 5) is 29.6. The van der Waals surface area contributed by atoms with E-state index in [-0.39, 0.29) is 23.5 Å². The second kappa shape index (κ2) is 14.3. The standard InChI is InChI=1S/C35H37ClFN3O4S/c1-25-17-19-29(20-18-25)45(43,44)40(31-16-9-8-15-30(31)37)24-33(41)39(23-27-13-10-14-28(36)21-27)32(34(42)38-35(2,3)4)22-26-11-6-5-7-12-26/h5-21,32H,22-24H2,1-4H3,(H,38,42). The molecule has 1 unspecified atom stereocenters. The molecule has 1 N–H and O–H groups in total. The number of para-hydroxylation sites is 1. The molecule has 45 heavy (non-hydrogen) atoms. The fourth-order valence-electron chi connectivity index (χ4n) is 4.84.